The van der Waals surface area contributed by atoms with E-state index in [0.717, 1.165) is 16.6 Å². The number of pyridine rings is 1. The standard InChI is InChI=1S/C25H22N2O2/c1-26-18-22(24(28)21-14-8-9-15-23(21)26)25(29)27(16-19-10-4-2-5-11-19)17-20-12-6-3-7-13-20/h2-15,18H,16-17H2,1H3. The minimum atomic E-state index is -0.260. The molecule has 0 aliphatic heterocycles. The molecule has 0 spiro atoms. The first kappa shape index (κ1) is 18.7. The average molecular weight is 382 g/mol. The van der Waals surface area contributed by atoms with Gasteiger partial charge in [-0.3, -0.25) is 9.59 Å². The Morgan fingerprint density at radius 1 is 0.793 bits per heavy atom. The van der Waals surface area contributed by atoms with Gasteiger partial charge in [0.05, 0.1) is 5.52 Å². The monoisotopic (exact) mass is 382 g/mol. The Bertz CT molecular complexity index is 1160. The van der Waals surface area contributed by atoms with Gasteiger partial charge in [0.15, 0.2) is 0 Å². The molecule has 0 N–H and O–H groups in total. The molecule has 0 saturated heterocycles. The zero-order valence-electron chi connectivity index (χ0n) is 16.3. The minimum absolute atomic E-state index is 0.193. The number of amides is 1. The summed E-state index contributed by atoms with van der Waals surface area (Å²) in [6, 6.07) is 27.0. The van der Waals surface area contributed by atoms with Gasteiger partial charge in [-0.2, -0.15) is 0 Å². The zero-order valence-corrected chi connectivity index (χ0v) is 16.3. The molecule has 0 bridgehead atoms. The number of aromatic nitrogens is 1. The maximum atomic E-state index is 13.5. The number of hydrogen-bond donors (Lipinski definition) is 0. The Hall–Kier alpha value is -3.66. The topological polar surface area (TPSA) is 42.3 Å². The van der Waals surface area contributed by atoms with Crippen molar-refractivity contribution in [2.24, 2.45) is 7.05 Å². The molecule has 0 saturated carbocycles. The fraction of sp³-hybridized carbons (Fsp3) is 0.120. The van der Waals surface area contributed by atoms with E-state index in [4.69, 9.17) is 0 Å². The highest BCUT2D eigenvalue weighted by Gasteiger charge is 2.21. The van der Waals surface area contributed by atoms with E-state index < -0.39 is 0 Å². The largest absolute Gasteiger partial charge is 0.350 e. The molecular formula is C25H22N2O2. The molecule has 0 radical (unpaired) electrons. The normalized spacial score (nSPS) is 10.8. The Morgan fingerprint density at radius 3 is 1.90 bits per heavy atom. The maximum Gasteiger partial charge on any atom is 0.259 e. The highest BCUT2D eigenvalue weighted by molar-refractivity contribution is 5.97. The highest BCUT2D eigenvalue weighted by atomic mass is 16.2. The van der Waals surface area contributed by atoms with Crippen molar-refractivity contribution in [1.82, 2.24) is 9.47 Å². The lowest BCUT2D eigenvalue weighted by Gasteiger charge is -2.23. The second-order valence-electron chi connectivity index (χ2n) is 7.13. The van der Waals surface area contributed by atoms with Gasteiger partial charge in [0, 0.05) is 31.7 Å². The summed E-state index contributed by atoms with van der Waals surface area (Å²) in [7, 11) is 1.86. The number of hydrogen-bond acceptors (Lipinski definition) is 2. The van der Waals surface area contributed by atoms with Crippen LogP contribution in [0.25, 0.3) is 10.9 Å². The SMILES string of the molecule is Cn1cc(C(=O)N(Cc2ccccc2)Cc2ccccc2)c(=O)c2ccccc21. The summed E-state index contributed by atoms with van der Waals surface area (Å²) in [5.74, 6) is -0.260. The number of carbonyl (C=O) groups excluding carboxylic acids is 1. The summed E-state index contributed by atoms with van der Waals surface area (Å²) < 4.78 is 1.84. The van der Waals surface area contributed by atoms with Gasteiger partial charge in [0.2, 0.25) is 5.43 Å². The molecule has 4 heteroatoms. The van der Waals surface area contributed by atoms with Crippen LogP contribution in [-0.2, 0) is 20.1 Å². The van der Waals surface area contributed by atoms with Gasteiger partial charge in [0.1, 0.15) is 5.56 Å². The number of carbonyl (C=O) groups is 1. The fourth-order valence-electron chi connectivity index (χ4n) is 3.57. The molecule has 1 heterocycles. The Labute approximate surface area is 169 Å². The molecular weight excluding hydrogens is 360 g/mol. The lowest BCUT2D eigenvalue weighted by molar-refractivity contribution is 0.0728. The molecule has 0 unspecified atom stereocenters. The molecule has 144 valence electrons. The number of aryl methyl sites for hydroxylation is 1. The van der Waals surface area contributed by atoms with E-state index in [0.29, 0.717) is 18.5 Å². The van der Waals surface area contributed by atoms with Crippen LogP contribution < -0.4 is 5.43 Å². The van der Waals surface area contributed by atoms with Gasteiger partial charge in [-0.25, -0.2) is 0 Å². The molecule has 4 nitrogen and oxygen atoms in total. The first-order valence-corrected chi connectivity index (χ1v) is 9.59. The third kappa shape index (κ3) is 3.97. The van der Waals surface area contributed by atoms with Crippen molar-refractivity contribution in [2.75, 3.05) is 0 Å². The number of rotatable bonds is 5. The highest BCUT2D eigenvalue weighted by Crippen LogP contribution is 2.16. The molecule has 1 aromatic heterocycles. The van der Waals surface area contributed by atoms with Gasteiger partial charge >= 0.3 is 0 Å². The molecule has 3 aromatic carbocycles. The van der Waals surface area contributed by atoms with Gasteiger partial charge in [-0.1, -0.05) is 72.8 Å². The van der Waals surface area contributed by atoms with Crippen molar-refractivity contribution in [2.45, 2.75) is 13.1 Å². The summed E-state index contributed by atoms with van der Waals surface area (Å²) in [6.07, 6.45) is 1.65. The summed E-state index contributed by atoms with van der Waals surface area (Å²) in [5.41, 5.74) is 2.82. The van der Waals surface area contributed by atoms with E-state index in [-0.39, 0.29) is 16.9 Å². The third-order valence-electron chi connectivity index (χ3n) is 5.05. The molecule has 0 aliphatic rings. The van der Waals surface area contributed by atoms with E-state index in [1.165, 1.54) is 0 Å². The van der Waals surface area contributed by atoms with E-state index in [9.17, 15) is 9.59 Å². The third-order valence-corrected chi connectivity index (χ3v) is 5.05. The minimum Gasteiger partial charge on any atom is -0.350 e. The number of benzene rings is 3. The Morgan fingerprint density at radius 2 is 1.31 bits per heavy atom. The number of nitrogens with zero attached hydrogens (tertiary/aromatic N) is 2. The predicted octanol–water partition coefficient (Wildman–Crippen LogP) is 4.38. The van der Waals surface area contributed by atoms with E-state index >= 15 is 0 Å². The van der Waals surface area contributed by atoms with Crippen molar-refractivity contribution in [3.05, 3.63) is 118 Å². The van der Waals surface area contributed by atoms with Crippen molar-refractivity contribution in [3.8, 4) is 0 Å². The first-order chi connectivity index (χ1) is 14.1. The first-order valence-electron chi connectivity index (χ1n) is 9.59. The second-order valence-corrected chi connectivity index (χ2v) is 7.13. The van der Waals surface area contributed by atoms with Gasteiger partial charge in [-0.05, 0) is 23.3 Å². The van der Waals surface area contributed by atoms with Gasteiger partial charge in [-0.15, -0.1) is 0 Å². The maximum absolute atomic E-state index is 13.5. The quantitative estimate of drug-likeness (QED) is 0.514. The fourth-order valence-corrected chi connectivity index (χ4v) is 3.57. The van der Waals surface area contributed by atoms with Crippen LogP contribution in [0, 0.1) is 0 Å². The van der Waals surface area contributed by atoms with Crippen LogP contribution in [0.2, 0.25) is 0 Å². The van der Waals surface area contributed by atoms with Crippen molar-refractivity contribution >= 4 is 16.8 Å². The van der Waals surface area contributed by atoms with E-state index in [2.05, 4.69) is 0 Å². The molecule has 4 rings (SSSR count). The van der Waals surface area contributed by atoms with Crippen LogP contribution >= 0.6 is 0 Å². The summed E-state index contributed by atoms with van der Waals surface area (Å²) in [4.78, 5) is 28.3. The summed E-state index contributed by atoms with van der Waals surface area (Å²) >= 11 is 0. The lowest BCUT2D eigenvalue weighted by Crippen LogP contribution is -2.34. The molecule has 0 aliphatic carbocycles. The predicted molar refractivity (Wildman–Crippen MR) is 116 cm³/mol. The van der Waals surface area contributed by atoms with Crippen molar-refractivity contribution in [1.29, 1.82) is 0 Å². The lowest BCUT2D eigenvalue weighted by atomic mass is 10.1. The van der Waals surface area contributed by atoms with Gasteiger partial charge in [0.25, 0.3) is 5.91 Å². The summed E-state index contributed by atoms with van der Waals surface area (Å²) in [6.45, 7) is 0.870. The number of para-hydroxylation sites is 1. The zero-order chi connectivity index (χ0) is 20.2. The second kappa shape index (κ2) is 8.15. The Balaban J connectivity index is 1.76. The van der Waals surface area contributed by atoms with Crippen LogP contribution in [0.1, 0.15) is 21.5 Å². The van der Waals surface area contributed by atoms with Crippen LogP contribution in [0.4, 0.5) is 0 Å². The molecule has 0 atom stereocenters. The van der Waals surface area contributed by atoms with Crippen LogP contribution in [0.3, 0.4) is 0 Å². The van der Waals surface area contributed by atoms with Crippen molar-refractivity contribution in [3.63, 3.8) is 0 Å². The van der Waals surface area contributed by atoms with E-state index in [1.54, 1.807) is 17.2 Å². The van der Waals surface area contributed by atoms with Crippen LogP contribution in [0.5, 0.6) is 0 Å². The summed E-state index contributed by atoms with van der Waals surface area (Å²) in [5, 5.41) is 0.556. The molecule has 4 aromatic rings. The molecule has 1 amide bonds. The van der Waals surface area contributed by atoms with E-state index in [1.807, 2.05) is 90.5 Å². The molecule has 0 fully saturated rings. The molecule has 29 heavy (non-hydrogen) atoms. The smallest absolute Gasteiger partial charge is 0.259 e. The van der Waals surface area contributed by atoms with Crippen molar-refractivity contribution < 1.29 is 4.79 Å². The van der Waals surface area contributed by atoms with Gasteiger partial charge < -0.3 is 9.47 Å². The average Bonchev–Trinajstić information content (AvgIpc) is 2.77. The Kier molecular flexibility index (Phi) is 5.25. The number of fused-ring (bicyclic) bond motifs is 1. The van der Waals surface area contributed by atoms with Crippen LogP contribution in [-0.4, -0.2) is 15.4 Å². The van der Waals surface area contributed by atoms with Crippen LogP contribution in [0.15, 0.2) is 95.9 Å².